The normalized spacial score (nSPS) is 11.7. The number of benzene rings is 1. The summed E-state index contributed by atoms with van der Waals surface area (Å²) < 4.78 is 7.28. The standard InChI is InChI=1S/C17H16N4O2/c1-13(17(22)19-14-6-5-10-18-12-14)23-16-9-11-21(20-16)15-7-3-2-4-8-15/h2-13H,1H3,(H,19,22). The van der Waals surface area contributed by atoms with Crippen LogP contribution in [0.5, 0.6) is 5.88 Å². The highest BCUT2D eigenvalue weighted by Gasteiger charge is 2.16. The molecule has 3 rings (SSSR count). The molecule has 0 aliphatic carbocycles. The minimum Gasteiger partial charge on any atom is -0.463 e. The summed E-state index contributed by atoms with van der Waals surface area (Å²) in [5.74, 6) is 0.134. The Bertz CT molecular complexity index is 772. The van der Waals surface area contributed by atoms with Gasteiger partial charge in [0.2, 0.25) is 5.88 Å². The lowest BCUT2D eigenvalue weighted by atomic mass is 10.3. The highest BCUT2D eigenvalue weighted by Crippen LogP contribution is 2.13. The Morgan fingerprint density at radius 3 is 2.74 bits per heavy atom. The summed E-state index contributed by atoms with van der Waals surface area (Å²) in [6.07, 6.45) is 4.34. The van der Waals surface area contributed by atoms with Crippen LogP contribution in [0.3, 0.4) is 0 Å². The van der Waals surface area contributed by atoms with Crippen LogP contribution in [0.4, 0.5) is 5.69 Å². The molecule has 116 valence electrons. The van der Waals surface area contributed by atoms with Gasteiger partial charge < -0.3 is 10.1 Å². The van der Waals surface area contributed by atoms with E-state index in [0.717, 1.165) is 5.69 Å². The molecular formula is C17H16N4O2. The second kappa shape index (κ2) is 6.74. The van der Waals surface area contributed by atoms with Crippen molar-refractivity contribution in [2.75, 3.05) is 5.32 Å². The number of rotatable bonds is 5. The van der Waals surface area contributed by atoms with Crippen LogP contribution in [-0.2, 0) is 4.79 Å². The van der Waals surface area contributed by atoms with Crippen molar-refractivity contribution < 1.29 is 9.53 Å². The van der Waals surface area contributed by atoms with Crippen molar-refractivity contribution in [1.29, 1.82) is 0 Å². The fraction of sp³-hybridized carbons (Fsp3) is 0.118. The molecule has 0 aliphatic heterocycles. The first-order valence-corrected chi connectivity index (χ1v) is 7.21. The van der Waals surface area contributed by atoms with Crippen LogP contribution < -0.4 is 10.1 Å². The van der Waals surface area contributed by atoms with E-state index in [1.165, 1.54) is 0 Å². The van der Waals surface area contributed by atoms with Crippen LogP contribution in [0.15, 0.2) is 67.1 Å². The van der Waals surface area contributed by atoms with Crippen LogP contribution in [0.2, 0.25) is 0 Å². The molecule has 0 fully saturated rings. The molecule has 0 spiro atoms. The molecular weight excluding hydrogens is 292 g/mol. The third-order valence-electron chi connectivity index (χ3n) is 3.18. The van der Waals surface area contributed by atoms with Crippen molar-refractivity contribution in [3.05, 3.63) is 67.1 Å². The lowest BCUT2D eigenvalue weighted by Crippen LogP contribution is -2.30. The minimum absolute atomic E-state index is 0.257. The Kier molecular flexibility index (Phi) is 4.33. The van der Waals surface area contributed by atoms with Crippen molar-refractivity contribution in [1.82, 2.24) is 14.8 Å². The first-order chi connectivity index (χ1) is 11.2. The number of carbonyl (C=O) groups excluding carboxylic acids is 1. The van der Waals surface area contributed by atoms with Gasteiger partial charge in [-0.2, -0.15) is 0 Å². The van der Waals surface area contributed by atoms with Crippen molar-refractivity contribution in [2.45, 2.75) is 13.0 Å². The number of nitrogens with zero attached hydrogens (tertiary/aromatic N) is 3. The third kappa shape index (κ3) is 3.74. The second-order valence-electron chi connectivity index (χ2n) is 4.93. The maximum absolute atomic E-state index is 12.1. The average molecular weight is 308 g/mol. The summed E-state index contributed by atoms with van der Waals surface area (Å²) in [5.41, 5.74) is 1.55. The maximum Gasteiger partial charge on any atom is 0.265 e. The van der Waals surface area contributed by atoms with Gasteiger partial charge in [-0.15, -0.1) is 5.10 Å². The lowest BCUT2D eigenvalue weighted by molar-refractivity contribution is -0.122. The number of hydrogen-bond donors (Lipinski definition) is 1. The van der Waals surface area contributed by atoms with Gasteiger partial charge in [-0.3, -0.25) is 9.78 Å². The molecule has 3 aromatic rings. The van der Waals surface area contributed by atoms with Gasteiger partial charge in [-0.1, -0.05) is 18.2 Å². The topological polar surface area (TPSA) is 69.0 Å². The van der Waals surface area contributed by atoms with Gasteiger partial charge in [0.05, 0.1) is 17.6 Å². The molecule has 0 bridgehead atoms. The zero-order chi connectivity index (χ0) is 16.1. The smallest absolute Gasteiger partial charge is 0.265 e. The van der Waals surface area contributed by atoms with E-state index >= 15 is 0 Å². The number of hydrogen-bond acceptors (Lipinski definition) is 4. The Hall–Kier alpha value is -3.15. The molecule has 0 radical (unpaired) electrons. The van der Waals surface area contributed by atoms with Gasteiger partial charge in [0.25, 0.3) is 5.91 Å². The van der Waals surface area contributed by atoms with E-state index < -0.39 is 6.10 Å². The molecule has 1 atom stereocenters. The van der Waals surface area contributed by atoms with E-state index in [4.69, 9.17) is 4.74 Å². The molecule has 6 heteroatoms. The van der Waals surface area contributed by atoms with Crippen molar-refractivity contribution in [3.63, 3.8) is 0 Å². The molecule has 2 heterocycles. The quantitative estimate of drug-likeness (QED) is 0.787. The van der Waals surface area contributed by atoms with E-state index in [9.17, 15) is 4.79 Å². The van der Waals surface area contributed by atoms with Gasteiger partial charge in [-0.05, 0) is 31.2 Å². The van der Waals surface area contributed by atoms with Gasteiger partial charge in [0.15, 0.2) is 6.10 Å². The maximum atomic E-state index is 12.1. The van der Waals surface area contributed by atoms with Gasteiger partial charge in [0.1, 0.15) is 0 Å². The van der Waals surface area contributed by atoms with Gasteiger partial charge in [0, 0.05) is 18.5 Å². The number of amides is 1. The summed E-state index contributed by atoms with van der Waals surface area (Å²) in [6, 6.07) is 14.9. The molecule has 1 aromatic carbocycles. The summed E-state index contributed by atoms with van der Waals surface area (Å²) in [6.45, 7) is 1.67. The van der Waals surface area contributed by atoms with Crippen LogP contribution in [0, 0.1) is 0 Å². The number of aromatic nitrogens is 3. The fourth-order valence-electron chi connectivity index (χ4n) is 2.01. The van der Waals surface area contributed by atoms with E-state index in [1.54, 1.807) is 48.4 Å². The highest BCUT2D eigenvalue weighted by molar-refractivity contribution is 5.93. The lowest BCUT2D eigenvalue weighted by Gasteiger charge is -2.12. The second-order valence-corrected chi connectivity index (χ2v) is 4.93. The predicted octanol–water partition coefficient (Wildman–Crippen LogP) is 2.67. The fourth-order valence-corrected chi connectivity index (χ4v) is 2.01. The Labute approximate surface area is 133 Å². The van der Waals surface area contributed by atoms with Crippen molar-refractivity contribution in [3.8, 4) is 11.6 Å². The zero-order valence-corrected chi connectivity index (χ0v) is 12.6. The van der Waals surface area contributed by atoms with Crippen molar-refractivity contribution >= 4 is 11.6 Å². The number of pyridine rings is 1. The minimum atomic E-state index is -0.672. The first kappa shape index (κ1) is 14.8. The molecule has 0 saturated carbocycles. The first-order valence-electron chi connectivity index (χ1n) is 7.21. The molecule has 0 aliphatic rings. The highest BCUT2D eigenvalue weighted by atomic mass is 16.5. The van der Waals surface area contributed by atoms with Crippen LogP contribution >= 0.6 is 0 Å². The third-order valence-corrected chi connectivity index (χ3v) is 3.18. The summed E-state index contributed by atoms with van der Waals surface area (Å²) >= 11 is 0. The van der Waals surface area contributed by atoms with Gasteiger partial charge in [-0.25, -0.2) is 4.68 Å². The molecule has 23 heavy (non-hydrogen) atoms. The molecule has 1 amide bonds. The monoisotopic (exact) mass is 308 g/mol. The van der Waals surface area contributed by atoms with Gasteiger partial charge >= 0.3 is 0 Å². The van der Waals surface area contributed by atoms with Crippen molar-refractivity contribution in [2.24, 2.45) is 0 Å². The SMILES string of the molecule is CC(Oc1ccn(-c2ccccc2)n1)C(=O)Nc1cccnc1. The van der Waals surface area contributed by atoms with E-state index in [1.807, 2.05) is 30.3 Å². The molecule has 1 N–H and O–H groups in total. The number of nitrogens with one attached hydrogen (secondary N) is 1. The van der Waals surface area contributed by atoms with E-state index in [2.05, 4.69) is 15.4 Å². The van der Waals surface area contributed by atoms with Crippen LogP contribution in [0.25, 0.3) is 5.69 Å². The Balaban J connectivity index is 1.63. The predicted molar refractivity (Wildman–Crippen MR) is 86.5 cm³/mol. The molecule has 6 nitrogen and oxygen atoms in total. The van der Waals surface area contributed by atoms with E-state index in [-0.39, 0.29) is 5.91 Å². The zero-order valence-electron chi connectivity index (χ0n) is 12.6. The van der Waals surface area contributed by atoms with Crippen LogP contribution in [0.1, 0.15) is 6.92 Å². The number of anilines is 1. The summed E-state index contributed by atoms with van der Waals surface area (Å²) in [5, 5.41) is 7.05. The average Bonchev–Trinajstić information content (AvgIpc) is 3.05. The Morgan fingerprint density at radius 2 is 2.00 bits per heavy atom. The summed E-state index contributed by atoms with van der Waals surface area (Å²) in [4.78, 5) is 16.0. The van der Waals surface area contributed by atoms with Crippen LogP contribution in [-0.4, -0.2) is 26.8 Å². The molecule has 0 saturated heterocycles. The molecule has 1 unspecified atom stereocenters. The number of carbonyl (C=O) groups is 1. The summed E-state index contributed by atoms with van der Waals surface area (Å²) in [7, 11) is 0. The number of ether oxygens (including phenoxy) is 1. The largest absolute Gasteiger partial charge is 0.463 e. The number of para-hydroxylation sites is 1. The van der Waals surface area contributed by atoms with E-state index in [0.29, 0.717) is 11.6 Å². The molecule has 2 aromatic heterocycles. The Morgan fingerprint density at radius 1 is 1.17 bits per heavy atom.